The Hall–Kier alpha value is -3.00. The largest absolute Gasteiger partial charge is 0.328 e. The van der Waals surface area contributed by atoms with Crippen molar-refractivity contribution in [2.75, 3.05) is 20.1 Å². The van der Waals surface area contributed by atoms with Crippen LogP contribution in [0.3, 0.4) is 0 Å². The monoisotopic (exact) mass is 444 g/mol. The lowest BCUT2D eigenvalue weighted by molar-refractivity contribution is -0.134. The fourth-order valence-electron chi connectivity index (χ4n) is 4.02. The van der Waals surface area contributed by atoms with Crippen molar-refractivity contribution in [2.24, 2.45) is 0 Å². The Kier molecular flexibility index (Phi) is 5.91. The first-order valence-corrected chi connectivity index (χ1v) is 10.5. The molecule has 1 unspecified atom stereocenters. The summed E-state index contributed by atoms with van der Waals surface area (Å²) in [5, 5.41) is 2.66. The van der Waals surface area contributed by atoms with E-state index in [1.807, 2.05) is 0 Å². The van der Waals surface area contributed by atoms with Gasteiger partial charge >= 0.3 is 6.03 Å². The zero-order valence-electron chi connectivity index (χ0n) is 17.0. The number of hydrogen-bond donors (Lipinski definition) is 1. The van der Waals surface area contributed by atoms with Crippen LogP contribution in [0.25, 0.3) is 11.1 Å². The van der Waals surface area contributed by atoms with Crippen LogP contribution in [0.4, 0.5) is 9.18 Å². The summed E-state index contributed by atoms with van der Waals surface area (Å²) in [7, 11) is 1.72. The maximum Gasteiger partial charge on any atom is 0.320 e. The Morgan fingerprint density at radius 1 is 1.26 bits per heavy atom. The third-order valence-electron chi connectivity index (χ3n) is 5.73. The molecule has 1 N–H and O–H groups in total. The molecule has 2 aliphatic heterocycles. The summed E-state index contributed by atoms with van der Waals surface area (Å²) in [6.45, 7) is 1.34. The maximum absolute atomic E-state index is 14.8. The molecule has 3 heterocycles. The van der Waals surface area contributed by atoms with Crippen LogP contribution in [0.5, 0.6) is 0 Å². The summed E-state index contributed by atoms with van der Waals surface area (Å²) >= 11 is 6.59. The van der Waals surface area contributed by atoms with Gasteiger partial charge in [0.25, 0.3) is 0 Å². The standard InChI is InChI=1S/C22H22ClFN4O3/c1-27-8-3-9-28(22(27)31)12-18-17(24)10-13(11-25-18)14-4-2-5-15(20(14)23)16-6-7-19(29)26-21(16)30/h2,4-5,10-11,16H,3,6-9,12H2,1H3,(H,26,29,30). The number of benzene rings is 1. The molecule has 9 heteroatoms. The predicted octanol–water partition coefficient (Wildman–Crippen LogP) is 3.32. The minimum atomic E-state index is -0.538. The molecule has 0 spiro atoms. The molecule has 0 saturated carbocycles. The topological polar surface area (TPSA) is 82.6 Å². The summed E-state index contributed by atoms with van der Waals surface area (Å²) in [5.74, 6) is -1.75. The van der Waals surface area contributed by atoms with Crippen molar-refractivity contribution in [1.82, 2.24) is 20.1 Å². The molecular weight excluding hydrogens is 423 g/mol. The zero-order valence-corrected chi connectivity index (χ0v) is 17.8. The van der Waals surface area contributed by atoms with E-state index < -0.39 is 11.7 Å². The van der Waals surface area contributed by atoms with E-state index in [4.69, 9.17) is 11.6 Å². The van der Waals surface area contributed by atoms with Gasteiger partial charge in [-0.15, -0.1) is 0 Å². The first-order valence-electron chi connectivity index (χ1n) is 10.1. The van der Waals surface area contributed by atoms with Crippen LogP contribution in [0.2, 0.25) is 5.02 Å². The number of piperidine rings is 1. The van der Waals surface area contributed by atoms with Gasteiger partial charge in [-0.1, -0.05) is 29.8 Å². The predicted molar refractivity (Wildman–Crippen MR) is 113 cm³/mol. The molecule has 1 aromatic heterocycles. The van der Waals surface area contributed by atoms with Crippen LogP contribution in [0.1, 0.15) is 36.4 Å². The minimum Gasteiger partial charge on any atom is -0.328 e. The van der Waals surface area contributed by atoms with Gasteiger partial charge in [-0.25, -0.2) is 9.18 Å². The van der Waals surface area contributed by atoms with Gasteiger partial charge in [0.05, 0.1) is 23.2 Å². The second-order valence-electron chi connectivity index (χ2n) is 7.84. The number of urea groups is 1. The highest BCUT2D eigenvalue weighted by Gasteiger charge is 2.30. The molecule has 4 rings (SSSR count). The maximum atomic E-state index is 14.8. The van der Waals surface area contributed by atoms with E-state index in [9.17, 15) is 18.8 Å². The van der Waals surface area contributed by atoms with Crippen LogP contribution >= 0.6 is 11.6 Å². The molecule has 0 bridgehead atoms. The van der Waals surface area contributed by atoms with Gasteiger partial charge in [0.15, 0.2) is 0 Å². The summed E-state index contributed by atoms with van der Waals surface area (Å²) in [5.41, 5.74) is 1.80. The number of rotatable bonds is 4. The van der Waals surface area contributed by atoms with E-state index in [0.29, 0.717) is 41.2 Å². The van der Waals surface area contributed by atoms with Crippen LogP contribution in [0.15, 0.2) is 30.5 Å². The Morgan fingerprint density at radius 2 is 2.06 bits per heavy atom. The average molecular weight is 445 g/mol. The number of aromatic nitrogens is 1. The van der Waals surface area contributed by atoms with Crippen molar-refractivity contribution in [3.05, 3.63) is 52.6 Å². The number of pyridine rings is 1. The van der Waals surface area contributed by atoms with Gasteiger partial charge in [0.2, 0.25) is 11.8 Å². The molecule has 0 aliphatic carbocycles. The summed E-state index contributed by atoms with van der Waals surface area (Å²) in [6.07, 6.45) is 2.96. The van der Waals surface area contributed by atoms with Crippen molar-refractivity contribution in [1.29, 1.82) is 0 Å². The van der Waals surface area contributed by atoms with Crippen molar-refractivity contribution in [3.63, 3.8) is 0 Å². The lowest BCUT2D eigenvalue weighted by Crippen LogP contribution is -2.47. The Balaban J connectivity index is 1.59. The molecule has 4 amide bonds. The molecule has 162 valence electrons. The van der Waals surface area contributed by atoms with E-state index in [1.54, 1.807) is 35.0 Å². The molecular formula is C22H22ClFN4O3. The third kappa shape index (κ3) is 4.25. The number of amides is 4. The normalized spacial score (nSPS) is 19.6. The molecule has 31 heavy (non-hydrogen) atoms. The van der Waals surface area contributed by atoms with Gasteiger partial charge in [-0.2, -0.15) is 0 Å². The van der Waals surface area contributed by atoms with E-state index in [0.717, 1.165) is 6.42 Å². The lowest BCUT2D eigenvalue weighted by atomic mass is 9.88. The van der Waals surface area contributed by atoms with E-state index in [2.05, 4.69) is 10.3 Å². The van der Waals surface area contributed by atoms with Crippen LogP contribution in [-0.4, -0.2) is 52.8 Å². The first-order chi connectivity index (χ1) is 14.8. The highest BCUT2D eigenvalue weighted by molar-refractivity contribution is 6.34. The van der Waals surface area contributed by atoms with Crippen LogP contribution in [0, 0.1) is 5.82 Å². The fourth-order valence-corrected chi connectivity index (χ4v) is 4.39. The van der Waals surface area contributed by atoms with E-state index in [-0.39, 0.29) is 36.5 Å². The quantitative estimate of drug-likeness (QED) is 0.733. The van der Waals surface area contributed by atoms with E-state index >= 15 is 0 Å². The average Bonchev–Trinajstić information content (AvgIpc) is 2.73. The van der Waals surface area contributed by atoms with Gasteiger partial charge in [-0.3, -0.25) is 19.9 Å². The second-order valence-corrected chi connectivity index (χ2v) is 8.22. The van der Waals surface area contributed by atoms with Crippen molar-refractivity contribution in [3.8, 4) is 11.1 Å². The Bertz CT molecular complexity index is 1060. The lowest BCUT2D eigenvalue weighted by Gasteiger charge is -2.33. The number of imide groups is 1. The molecule has 0 radical (unpaired) electrons. The zero-order chi connectivity index (χ0) is 22.1. The van der Waals surface area contributed by atoms with Gasteiger partial charge in [-0.05, 0) is 24.5 Å². The van der Waals surface area contributed by atoms with Gasteiger partial charge < -0.3 is 9.80 Å². The highest BCUT2D eigenvalue weighted by atomic mass is 35.5. The van der Waals surface area contributed by atoms with E-state index in [1.165, 1.54) is 12.3 Å². The number of nitrogens with zero attached hydrogens (tertiary/aromatic N) is 3. The summed E-state index contributed by atoms with van der Waals surface area (Å²) < 4.78 is 14.8. The van der Waals surface area contributed by atoms with Crippen molar-refractivity contribution in [2.45, 2.75) is 31.7 Å². The van der Waals surface area contributed by atoms with Crippen LogP contribution in [-0.2, 0) is 16.1 Å². The number of halogens is 2. The van der Waals surface area contributed by atoms with Crippen molar-refractivity contribution >= 4 is 29.4 Å². The summed E-state index contributed by atoms with van der Waals surface area (Å²) in [4.78, 5) is 43.3. The fraction of sp³-hybridized carbons (Fsp3) is 0.364. The van der Waals surface area contributed by atoms with Crippen molar-refractivity contribution < 1.29 is 18.8 Å². The molecule has 2 saturated heterocycles. The molecule has 1 atom stereocenters. The Morgan fingerprint density at radius 3 is 2.81 bits per heavy atom. The third-order valence-corrected chi connectivity index (χ3v) is 6.15. The number of carbonyl (C=O) groups is 3. The first kappa shape index (κ1) is 21.2. The SMILES string of the molecule is CN1CCCN(Cc2ncc(-c3cccc(C4CCC(=O)NC4=O)c3Cl)cc2F)C1=O. The molecule has 2 aromatic rings. The molecule has 2 aliphatic rings. The minimum absolute atomic E-state index is 0.0966. The second kappa shape index (κ2) is 8.63. The number of hydrogen-bond acceptors (Lipinski definition) is 4. The van der Waals surface area contributed by atoms with Crippen LogP contribution < -0.4 is 5.32 Å². The Labute approximate surface area is 184 Å². The highest BCUT2D eigenvalue weighted by Crippen LogP contribution is 2.37. The number of carbonyl (C=O) groups excluding carboxylic acids is 3. The molecule has 2 fully saturated rings. The summed E-state index contributed by atoms with van der Waals surface area (Å²) in [6, 6.07) is 6.42. The molecule has 1 aromatic carbocycles. The van der Waals surface area contributed by atoms with Gasteiger partial charge in [0, 0.05) is 43.9 Å². The smallest absolute Gasteiger partial charge is 0.320 e. The number of nitrogens with one attached hydrogen (secondary N) is 1. The van der Waals surface area contributed by atoms with Gasteiger partial charge in [0.1, 0.15) is 5.82 Å². The molecule has 7 nitrogen and oxygen atoms in total.